The lowest BCUT2D eigenvalue weighted by atomic mass is 10.0. The highest BCUT2D eigenvalue weighted by molar-refractivity contribution is 6.07. The first-order chi connectivity index (χ1) is 9.16. The van der Waals surface area contributed by atoms with Crippen LogP contribution in [0.25, 0.3) is 10.8 Å². The van der Waals surface area contributed by atoms with E-state index in [4.69, 9.17) is 0 Å². The second-order valence-electron chi connectivity index (χ2n) is 5.37. The van der Waals surface area contributed by atoms with Crippen LogP contribution < -0.4 is 5.32 Å². The van der Waals surface area contributed by atoms with Gasteiger partial charge in [0.25, 0.3) is 0 Å². The molecule has 0 saturated heterocycles. The molecule has 2 unspecified atom stereocenters. The summed E-state index contributed by atoms with van der Waals surface area (Å²) in [5.41, 5.74) is 1.39. The molecule has 2 N–H and O–H groups in total. The van der Waals surface area contributed by atoms with Gasteiger partial charge in [0.1, 0.15) is 0 Å². The van der Waals surface area contributed by atoms with E-state index in [0.29, 0.717) is 5.56 Å². The average molecular weight is 255 g/mol. The van der Waals surface area contributed by atoms with Gasteiger partial charge in [-0.1, -0.05) is 31.2 Å². The minimum absolute atomic E-state index is 0.362. The van der Waals surface area contributed by atoms with Crippen LogP contribution >= 0.6 is 0 Å². The fourth-order valence-electron chi connectivity index (χ4n) is 2.56. The van der Waals surface area contributed by atoms with E-state index in [9.17, 15) is 9.90 Å². The Morgan fingerprint density at radius 2 is 1.95 bits per heavy atom. The zero-order chi connectivity index (χ0) is 13.4. The van der Waals surface area contributed by atoms with Crippen molar-refractivity contribution in [3.8, 4) is 0 Å². The number of rotatable bonds is 4. The Kier molecular flexibility index (Phi) is 2.90. The van der Waals surface area contributed by atoms with Crippen LogP contribution in [-0.2, 0) is 0 Å². The third-order valence-corrected chi connectivity index (χ3v) is 3.99. The molecule has 0 heterocycles. The summed E-state index contributed by atoms with van der Waals surface area (Å²) in [5.74, 6) is 0.702. The Bertz CT molecular complexity index is 636. The van der Waals surface area contributed by atoms with Crippen molar-refractivity contribution in [3.63, 3.8) is 0 Å². The molecule has 1 aliphatic carbocycles. The number of fused-ring (bicyclic) bond motifs is 1. The molecule has 0 amide bonds. The molecule has 1 saturated carbocycles. The first-order valence-corrected chi connectivity index (χ1v) is 6.65. The topological polar surface area (TPSA) is 49.3 Å². The molecule has 3 nitrogen and oxygen atoms in total. The van der Waals surface area contributed by atoms with E-state index in [1.165, 1.54) is 6.42 Å². The number of hydrogen-bond donors (Lipinski definition) is 2. The molecule has 0 radical (unpaired) electrons. The lowest BCUT2D eigenvalue weighted by Gasteiger charge is -2.11. The van der Waals surface area contributed by atoms with Crippen LogP contribution in [0, 0.1) is 11.8 Å². The Morgan fingerprint density at radius 1 is 1.26 bits per heavy atom. The first kappa shape index (κ1) is 12.0. The highest BCUT2D eigenvalue weighted by atomic mass is 16.4. The van der Waals surface area contributed by atoms with Crippen LogP contribution in [0.5, 0.6) is 0 Å². The fourth-order valence-corrected chi connectivity index (χ4v) is 2.56. The smallest absolute Gasteiger partial charge is 0.336 e. The Labute approximate surface area is 112 Å². The van der Waals surface area contributed by atoms with Gasteiger partial charge in [0.2, 0.25) is 0 Å². The summed E-state index contributed by atoms with van der Waals surface area (Å²) in [7, 11) is 0. The average Bonchev–Trinajstić information content (AvgIpc) is 3.11. The van der Waals surface area contributed by atoms with Crippen LogP contribution in [0.15, 0.2) is 36.4 Å². The summed E-state index contributed by atoms with van der Waals surface area (Å²) in [6.45, 7) is 3.23. The zero-order valence-corrected chi connectivity index (χ0v) is 10.9. The van der Waals surface area contributed by atoms with Crippen molar-refractivity contribution in [2.24, 2.45) is 11.8 Å². The van der Waals surface area contributed by atoms with E-state index < -0.39 is 5.97 Å². The predicted molar refractivity (Wildman–Crippen MR) is 76.7 cm³/mol. The highest BCUT2D eigenvalue weighted by Crippen LogP contribution is 2.38. The van der Waals surface area contributed by atoms with Gasteiger partial charge in [0.15, 0.2) is 0 Å². The van der Waals surface area contributed by atoms with Crippen molar-refractivity contribution in [3.05, 3.63) is 42.0 Å². The van der Waals surface area contributed by atoms with Gasteiger partial charge in [0, 0.05) is 17.6 Å². The van der Waals surface area contributed by atoms with E-state index in [2.05, 4.69) is 12.2 Å². The van der Waals surface area contributed by atoms with Crippen LogP contribution in [0.2, 0.25) is 0 Å². The van der Waals surface area contributed by atoms with E-state index in [1.807, 2.05) is 30.3 Å². The predicted octanol–water partition coefficient (Wildman–Crippen LogP) is 3.61. The molecule has 2 aromatic rings. The second kappa shape index (κ2) is 4.57. The number of nitrogens with one attached hydrogen (secondary N) is 1. The van der Waals surface area contributed by atoms with Crippen molar-refractivity contribution in [1.29, 1.82) is 0 Å². The van der Waals surface area contributed by atoms with Gasteiger partial charge in [-0.25, -0.2) is 4.79 Å². The summed E-state index contributed by atoms with van der Waals surface area (Å²) >= 11 is 0. The van der Waals surface area contributed by atoms with Crippen LogP contribution in [0.3, 0.4) is 0 Å². The molecule has 0 spiro atoms. The molecule has 19 heavy (non-hydrogen) atoms. The van der Waals surface area contributed by atoms with Gasteiger partial charge in [0.05, 0.1) is 5.56 Å². The number of carbonyl (C=O) groups is 1. The molecule has 98 valence electrons. The molecule has 2 atom stereocenters. The molecular formula is C16H17NO2. The lowest BCUT2D eigenvalue weighted by molar-refractivity contribution is 0.0699. The summed E-state index contributed by atoms with van der Waals surface area (Å²) < 4.78 is 0. The fraction of sp³-hybridized carbons (Fsp3) is 0.312. The summed E-state index contributed by atoms with van der Waals surface area (Å²) in [6.07, 6.45) is 1.29. The number of carboxylic acids is 1. The molecule has 3 heteroatoms. The van der Waals surface area contributed by atoms with Crippen LogP contribution in [0.4, 0.5) is 5.69 Å². The number of benzene rings is 2. The van der Waals surface area contributed by atoms with Gasteiger partial charge in [-0.2, -0.15) is 0 Å². The number of hydrogen-bond acceptors (Lipinski definition) is 2. The molecular weight excluding hydrogens is 238 g/mol. The maximum absolute atomic E-state index is 11.2. The van der Waals surface area contributed by atoms with Gasteiger partial charge >= 0.3 is 5.97 Å². The third kappa shape index (κ3) is 2.28. The van der Waals surface area contributed by atoms with E-state index in [-0.39, 0.29) is 0 Å². The summed E-state index contributed by atoms with van der Waals surface area (Å²) in [4.78, 5) is 11.2. The number of carboxylic acid groups (broad SMARTS) is 1. The van der Waals surface area contributed by atoms with Gasteiger partial charge in [-0.15, -0.1) is 0 Å². The maximum atomic E-state index is 11.2. The minimum Gasteiger partial charge on any atom is -0.478 e. The van der Waals surface area contributed by atoms with Crippen LogP contribution in [-0.4, -0.2) is 17.6 Å². The SMILES string of the molecule is CC1CC1CNc1ccc(C(=O)O)c2ccccc12. The van der Waals surface area contributed by atoms with E-state index >= 15 is 0 Å². The maximum Gasteiger partial charge on any atom is 0.336 e. The van der Waals surface area contributed by atoms with Gasteiger partial charge < -0.3 is 10.4 Å². The lowest BCUT2D eigenvalue weighted by Crippen LogP contribution is -2.06. The second-order valence-corrected chi connectivity index (χ2v) is 5.37. The number of anilines is 1. The highest BCUT2D eigenvalue weighted by Gasteiger charge is 2.31. The first-order valence-electron chi connectivity index (χ1n) is 6.65. The number of aromatic carboxylic acids is 1. The van der Waals surface area contributed by atoms with Crippen molar-refractivity contribution in [2.75, 3.05) is 11.9 Å². The normalized spacial score (nSPS) is 21.3. The monoisotopic (exact) mass is 255 g/mol. The Hall–Kier alpha value is -2.03. The summed E-state index contributed by atoms with van der Waals surface area (Å²) in [6, 6.07) is 11.2. The Balaban J connectivity index is 1.96. The van der Waals surface area contributed by atoms with E-state index in [0.717, 1.165) is 34.8 Å². The molecule has 0 aliphatic heterocycles. The molecule has 1 fully saturated rings. The van der Waals surface area contributed by atoms with Crippen molar-refractivity contribution < 1.29 is 9.90 Å². The van der Waals surface area contributed by atoms with Crippen molar-refractivity contribution in [1.82, 2.24) is 0 Å². The zero-order valence-electron chi connectivity index (χ0n) is 10.9. The molecule has 0 aromatic heterocycles. The molecule has 3 rings (SSSR count). The van der Waals surface area contributed by atoms with Crippen molar-refractivity contribution in [2.45, 2.75) is 13.3 Å². The standard InChI is InChI=1S/C16H17NO2/c1-10-8-11(10)9-17-15-7-6-14(16(18)19)12-4-2-3-5-13(12)15/h2-7,10-11,17H,8-9H2,1H3,(H,18,19). The van der Waals surface area contributed by atoms with E-state index in [1.54, 1.807) is 6.07 Å². The molecule has 1 aliphatic rings. The minimum atomic E-state index is -0.876. The molecule has 0 bridgehead atoms. The largest absolute Gasteiger partial charge is 0.478 e. The third-order valence-electron chi connectivity index (χ3n) is 3.99. The molecule has 2 aromatic carbocycles. The van der Waals surface area contributed by atoms with Crippen LogP contribution in [0.1, 0.15) is 23.7 Å². The summed E-state index contributed by atoms with van der Waals surface area (Å²) in [5, 5.41) is 14.4. The van der Waals surface area contributed by atoms with Gasteiger partial charge in [-0.05, 0) is 35.8 Å². The van der Waals surface area contributed by atoms with Crippen molar-refractivity contribution >= 4 is 22.4 Å². The Morgan fingerprint density at radius 3 is 2.58 bits per heavy atom. The quantitative estimate of drug-likeness (QED) is 0.877. The van der Waals surface area contributed by atoms with Gasteiger partial charge in [-0.3, -0.25) is 0 Å².